The third-order valence-electron chi connectivity index (χ3n) is 9.00. The fourth-order valence-corrected chi connectivity index (χ4v) is 7.81. The quantitative estimate of drug-likeness (QED) is 0.415. The van der Waals surface area contributed by atoms with Crippen molar-refractivity contribution in [3.8, 4) is 11.1 Å². The van der Waals surface area contributed by atoms with Crippen molar-refractivity contribution < 1.29 is 14.6 Å². The van der Waals surface area contributed by atoms with E-state index in [2.05, 4.69) is 37.3 Å². The molecular formula is C31H34O3. The maximum Gasteiger partial charge on any atom is 0.337 e. The van der Waals surface area contributed by atoms with Gasteiger partial charge in [-0.25, -0.2) is 4.79 Å². The van der Waals surface area contributed by atoms with E-state index in [-0.39, 0.29) is 11.4 Å². The Labute approximate surface area is 202 Å². The van der Waals surface area contributed by atoms with E-state index >= 15 is 0 Å². The summed E-state index contributed by atoms with van der Waals surface area (Å²) in [5.41, 5.74) is 5.62. The third kappa shape index (κ3) is 3.56. The molecule has 0 saturated heterocycles. The molecule has 34 heavy (non-hydrogen) atoms. The molecule has 4 aliphatic rings. The third-order valence-corrected chi connectivity index (χ3v) is 9.00. The molecule has 0 radical (unpaired) electrons. The smallest absolute Gasteiger partial charge is 0.337 e. The molecule has 1 N–H and O–H groups in total. The van der Waals surface area contributed by atoms with E-state index in [0.717, 1.165) is 40.9 Å². The number of carbonyl (C=O) groups excluding carboxylic acids is 1. The Morgan fingerprint density at radius 1 is 0.912 bits per heavy atom. The first-order valence-electron chi connectivity index (χ1n) is 12.9. The molecule has 0 heterocycles. The van der Waals surface area contributed by atoms with Gasteiger partial charge in [-0.05, 0) is 125 Å². The number of fused-ring (bicyclic) bond motifs is 1. The minimum absolute atomic E-state index is 0.243. The predicted molar refractivity (Wildman–Crippen MR) is 136 cm³/mol. The van der Waals surface area contributed by atoms with Gasteiger partial charge in [0, 0.05) is 0 Å². The molecule has 4 bridgehead atoms. The lowest BCUT2D eigenvalue weighted by Gasteiger charge is -2.57. The molecular weight excluding hydrogens is 420 g/mol. The molecule has 3 aromatic rings. The minimum Gasteiger partial charge on any atom is -0.465 e. The molecule has 4 saturated carbocycles. The molecule has 3 nitrogen and oxygen atoms in total. The van der Waals surface area contributed by atoms with Crippen molar-refractivity contribution in [3.63, 3.8) is 0 Å². The first kappa shape index (κ1) is 21.9. The normalized spacial score (nSPS) is 28.3. The summed E-state index contributed by atoms with van der Waals surface area (Å²) in [5, 5.41) is 13.5. The molecule has 0 spiro atoms. The molecule has 7 rings (SSSR count). The van der Waals surface area contributed by atoms with Crippen LogP contribution in [0.2, 0.25) is 0 Å². The molecule has 4 aliphatic carbocycles. The second kappa shape index (κ2) is 8.23. The summed E-state index contributed by atoms with van der Waals surface area (Å²) in [5.74, 6) is 2.29. The molecule has 1 unspecified atom stereocenters. The lowest BCUT2D eigenvalue weighted by Crippen LogP contribution is -2.49. The van der Waals surface area contributed by atoms with Gasteiger partial charge in [0.2, 0.25) is 0 Å². The van der Waals surface area contributed by atoms with E-state index in [1.54, 1.807) is 0 Å². The Kier molecular flexibility index (Phi) is 5.29. The molecule has 176 valence electrons. The van der Waals surface area contributed by atoms with Crippen molar-refractivity contribution in [2.45, 2.75) is 63.4 Å². The number of methoxy groups -OCH3 is 1. The Balaban J connectivity index is 1.45. The van der Waals surface area contributed by atoms with Gasteiger partial charge in [0.15, 0.2) is 0 Å². The van der Waals surface area contributed by atoms with Crippen molar-refractivity contribution in [1.82, 2.24) is 0 Å². The zero-order valence-electron chi connectivity index (χ0n) is 20.2. The predicted octanol–water partition coefficient (Wildman–Crippen LogP) is 7.20. The van der Waals surface area contributed by atoms with Gasteiger partial charge >= 0.3 is 5.97 Å². The van der Waals surface area contributed by atoms with Gasteiger partial charge in [-0.1, -0.05) is 37.3 Å². The van der Waals surface area contributed by atoms with Crippen LogP contribution >= 0.6 is 0 Å². The fraction of sp³-hybridized carbons (Fsp3) is 0.452. The molecule has 1 atom stereocenters. The van der Waals surface area contributed by atoms with E-state index in [4.69, 9.17) is 4.74 Å². The van der Waals surface area contributed by atoms with Crippen molar-refractivity contribution >= 4 is 16.7 Å². The zero-order valence-corrected chi connectivity index (χ0v) is 20.2. The maximum absolute atomic E-state index is 11.8. The maximum atomic E-state index is 11.8. The molecule has 0 amide bonds. The number of ether oxygens (including phenoxy) is 1. The monoisotopic (exact) mass is 454 g/mol. The van der Waals surface area contributed by atoms with Gasteiger partial charge in [-0.3, -0.25) is 0 Å². The van der Waals surface area contributed by atoms with E-state index in [9.17, 15) is 9.90 Å². The summed E-state index contributed by atoms with van der Waals surface area (Å²) in [4.78, 5) is 11.8. The number of benzene rings is 3. The largest absolute Gasteiger partial charge is 0.465 e. The summed E-state index contributed by atoms with van der Waals surface area (Å²) in [7, 11) is 1.41. The first-order chi connectivity index (χ1) is 16.5. The van der Waals surface area contributed by atoms with Crippen LogP contribution in [0.1, 0.15) is 79.5 Å². The Morgan fingerprint density at radius 2 is 1.53 bits per heavy atom. The summed E-state index contributed by atoms with van der Waals surface area (Å²) in [6.45, 7) is 2.08. The van der Waals surface area contributed by atoms with Gasteiger partial charge in [-0.2, -0.15) is 0 Å². The number of rotatable bonds is 5. The molecule has 0 aliphatic heterocycles. The van der Waals surface area contributed by atoms with E-state index in [1.165, 1.54) is 62.0 Å². The van der Waals surface area contributed by atoms with Gasteiger partial charge in [0.05, 0.1) is 18.8 Å². The SMILES string of the molecule is CCC(O)c1cc2ccc(-c3ccc(C(=O)OC)cc3)cc2cc1C12CC3CC(CC(C3)C1)C2. The summed E-state index contributed by atoms with van der Waals surface area (Å²) in [6, 6.07) is 18.9. The van der Waals surface area contributed by atoms with Gasteiger partial charge in [0.25, 0.3) is 0 Å². The summed E-state index contributed by atoms with van der Waals surface area (Å²) in [6.07, 6.45) is 8.49. The minimum atomic E-state index is -0.405. The van der Waals surface area contributed by atoms with E-state index < -0.39 is 6.10 Å². The molecule has 0 aromatic heterocycles. The van der Waals surface area contributed by atoms with Crippen LogP contribution < -0.4 is 0 Å². The Hall–Kier alpha value is -2.65. The van der Waals surface area contributed by atoms with Crippen molar-refractivity contribution in [2.24, 2.45) is 17.8 Å². The van der Waals surface area contributed by atoms with Crippen LogP contribution in [0.5, 0.6) is 0 Å². The van der Waals surface area contributed by atoms with Gasteiger partial charge < -0.3 is 9.84 Å². The van der Waals surface area contributed by atoms with Crippen molar-refractivity contribution in [3.05, 3.63) is 71.3 Å². The lowest BCUT2D eigenvalue weighted by atomic mass is 9.47. The second-order valence-electron chi connectivity index (χ2n) is 11.2. The fourth-order valence-electron chi connectivity index (χ4n) is 7.81. The van der Waals surface area contributed by atoms with Crippen molar-refractivity contribution in [2.75, 3.05) is 7.11 Å². The number of carbonyl (C=O) groups is 1. The number of aliphatic hydroxyl groups is 1. The lowest BCUT2D eigenvalue weighted by molar-refractivity contribution is -0.00660. The van der Waals surface area contributed by atoms with E-state index in [0.29, 0.717) is 5.56 Å². The number of esters is 1. The van der Waals surface area contributed by atoms with Crippen LogP contribution in [0.4, 0.5) is 0 Å². The van der Waals surface area contributed by atoms with Crippen LogP contribution in [0, 0.1) is 17.8 Å². The Bertz CT molecular complexity index is 1200. The van der Waals surface area contributed by atoms with Crippen LogP contribution in [-0.2, 0) is 10.2 Å². The van der Waals surface area contributed by atoms with Gasteiger partial charge in [-0.15, -0.1) is 0 Å². The van der Waals surface area contributed by atoms with Crippen LogP contribution in [0.25, 0.3) is 21.9 Å². The highest BCUT2D eigenvalue weighted by atomic mass is 16.5. The Morgan fingerprint density at radius 3 is 2.12 bits per heavy atom. The molecule has 3 aromatic carbocycles. The summed E-state index contributed by atoms with van der Waals surface area (Å²) < 4.78 is 4.83. The van der Waals surface area contributed by atoms with Crippen LogP contribution in [0.15, 0.2) is 54.6 Å². The van der Waals surface area contributed by atoms with Crippen LogP contribution in [0.3, 0.4) is 0 Å². The topological polar surface area (TPSA) is 46.5 Å². The molecule has 4 fully saturated rings. The summed E-state index contributed by atoms with van der Waals surface area (Å²) >= 11 is 0. The van der Waals surface area contributed by atoms with Gasteiger partial charge in [0.1, 0.15) is 0 Å². The molecule has 3 heteroatoms. The van der Waals surface area contributed by atoms with Crippen molar-refractivity contribution in [1.29, 1.82) is 0 Å². The highest BCUT2D eigenvalue weighted by molar-refractivity contribution is 5.91. The average Bonchev–Trinajstić information content (AvgIpc) is 2.86. The van der Waals surface area contributed by atoms with E-state index in [1.807, 2.05) is 24.3 Å². The number of hydrogen-bond acceptors (Lipinski definition) is 3. The highest BCUT2D eigenvalue weighted by Crippen LogP contribution is 2.61. The average molecular weight is 455 g/mol. The standard InChI is InChI=1S/C31H34O3/c1-3-29(32)27-14-25-9-8-24(22-4-6-23(7-5-22)30(33)34-2)13-26(25)15-28(27)31-16-19-10-20(17-31)12-21(11-19)18-31/h4-9,13-15,19-21,29,32H,3,10-12,16-18H2,1-2H3. The first-order valence-corrected chi connectivity index (χ1v) is 12.9. The van der Waals surface area contributed by atoms with Crippen LogP contribution in [-0.4, -0.2) is 18.2 Å². The number of aliphatic hydroxyl groups excluding tert-OH is 1. The second-order valence-corrected chi connectivity index (χ2v) is 11.2. The highest BCUT2D eigenvalue weighted by Gasteiger charge is 2.52. The zero-order chi connectivity index (χ0) is 23.4. The number of hydrogen-bond donors (Lipinski definition) is 1.